The van der Waals surface area contributed by atoms with E-state index in [1.54, 1.807) is 0 Å². The van der Waals surface area contributed by atoms with Crippen molar-refractivity contribution in [2.45, 2.75) is 33.6 Å². The van der Waals surface area contributed by atoms with Crippen molar-refractivity contribution in [2.24, 2.45) is 5.41 Å². The summed E-state index contributed by atoms with van der Waals surface area (Å²) in [5.74, 6) is -0.0866. The predicted molar refractivity (Wildman–Crippen MR) is 72.8 cm³/mol. The highest BCUT2D eigenvalue weighted by Gasteiger charge is 2.50. The summed E-state index contributed by atoms with van der Waals surface area (Å²) in [7, 11) is 1.46. The molecule has 0 unspecified atom stereocenters. The number of benzene rings is 1. The third kappa shape index (κ3) is 2.35. The highest BCUT2D eigenvalue weighted by Crippen LogP contribution is 2.46. The summed E-state index contributed by atoms with van der Waals surface area (Å²) in [6.07, 6.45) is 1.85. The maximum atomic E-state index is 11.7. The second-order valence-corrected chi connectivity index (χ2v) is 5.38. The van der Waals surface area contributed by atoms with Crippen LogP contribution in [0.3, 0.4) is 0 Å². The van der Waals surface area contributed by atoms with Crippen LogP contribution < -0.4 is 5.32 Å². The number of ether oxygens (including phenoxy) is 1. The molecule has 0 spiro atoms. The fourth-order valence-electron chi connectivity index (χ4n) is 2.24. The van der Waals surface area contributed by atoms with Crippen LogP contribution in [0.15, 0.2) is 12.1 Å². The van der Waals surface area contributed by atoms with Crippen LogP contribution in [0, 0.1) is 26.2 Å². The van der Waals surface area contributed by atoms with Gasteiger partial charge in [0.25, 0.3) is 0 Å². The average Bonchev–Trinajstić information content (AvgIpc) is 3.12. The Hall–Kier alpha value is -1.51. The summed E-state index contributed by atoms with van der Waals surface area (Å²) in [6.45, 7) is 6.98. The van der Waals surface area contributed by atoms with Gasteiger partial charge in [0.05, 0.1) is 12.5 Å². The number of anilines is 1. The molecule has 0 bridgehead atoms. The van der Waals surface area contributed by atoms with Crippen LogP contribution >= 0.6 is 0 Å². The van der Waals surface area contributed by atoms with E-state index in [0.717, 1.165) is 18.5 Å². The molecule has 0 saturated heterocycles. The molecule has 1 aromatic carbocycles. The molecule has 1 aliphatic carbocycles. The average molecular weight is 247 g/mol. The van der Waals surface area contributed by atoms with E-state index < -0.39 is 0 Å². The van der Waals surface area contributed by atoms with E-state index in [-0.39, 0.29) is 11.4 Å². The molecule has 0 atom stereocenters. The van der Waals surface area contributed by atoms with Crippen molar-refractivity contribution >= 4 is 11.7 Å². The molecule has 0 amide bonds. The molecular weight excluding hydrogens is 226 g/mol. The fraction of sp³-hybridized carbons (Fsp3) is 0.533. The smallest absolute Gasteiger partial charge is 0.313 e. The maximum Gasteiger partial charge on any atom is 0.313 e. The van der Waals surface area contributed by atoms with E-state index in [0.29, 0.717) is 6.54 Å². The van der Waals surface area contributed by atoms with Crippen LogP contribution in [-0.2, 0) is 9.53 Å². The van der Waals surface area contributed by atoms with Crippen molar-refractivity contribution in [1.82, 2.24) is 0 Å². The van der Waals surface area contributed by atoms with E-state index in [2.05, 4.69) is 38.2 Å². The molecule has 1 aliphatic rings. The number of nitrogens with one attached hydrogen (secondary N) is 1. The lowest BCUT2D eigenvalue weighted by Crippen LogP contribution is -2.26. The molecule has 1 aromatic rings. The van der Waals surface area contributed by atoms with Gasteiger partial charge in [-0.05, 0) is 56.4 Å². The second-order valence-electron chi connectivity index (χ2n) is 5.38. The molecule has 2 rings (SSSR count). The van der Waals surface area contributed by atoms with Gasteiger partial charge in [-0.2, -0.15) is 0 Å². The van der Waals surface area contributed by atoms with Crippen LogP contribution in [0.4, 0.5) is 5.69 Å². The van der Waals surface area contributed by atoms with Crippen LogP contribution in [0.2, 0.25) is 0 Å². The number of methoxy groups -OCH3 is 1. The summed E-state index contributed by atoms with van der Waals surface area (Å²) in [4.78, 5) is 11.7. The summed E-state index contributed by atoms with van der Waals surface area (Å²) < 4.78 is 4.86. The van der Waals surface area contributed by atoms with Crippen LogP contribution in [0.5, 0.6) is 0 Å². The molecule has 0 aromatic heterocycles. The minimum atomic E-state index is -0.278. The second kappa shape index (κ2) is 4.63. The first-order chi connectivity index (χ1) is 8.48. The van der Waals surface area contributed by atoms with Crippen molar-refractivity contribution in [3.05, 3.63) is 28.8 Å². The molecule has 0 radical (unpaired) electrons. The van der Waals surface area contributed by atoms with E-state index in [1.165, 1.54) is 23.8 Å². The summed E-state index contributed by atoms with van der Waals surface area (Å²) in [6, 6.07) is 4.33. The molecule has 0 heterocycles. The normalized spacial score (nSPS) is 16.2. The van der Waals surface area contributed by atoms with Gasteiger partial charge in [-0.15, -0.1) is 0 Å². The Kier molecular flexibility index (Phi) is 3.33. The first-order valence-electron chi connectivity index (χ1n) is 6.39. The molecule has 3 heteroatoms. The summed E-state index contributed by atoms with van der Waals surface area (Å²) in [5, 5.41) is 3.40. The van der Waals surface area contributed by atoms with E-state index in [1.807, 2.05) is 0 Å². The van der Waals surface area contributed by atoms with Gasteiger partial charge in [-0.25, -0.2) is 0 Å². The number of carbonyl (C=O) groups excluding carboxylic acids is 1. The van der Waals surface area contributed by atoms with Crippen molar-refractivity contribution < 1.29 is 9.53 Å². The van der Waals surface area contributed by atoms with Gasteiger partial charge in [0.1, 0.15) is 0 Å². The standard InChI is InChI=1S/C15H21NO2/c1-10-7-12(3)13(8-11(10)2)16-9-15(5-6-15)14(17)18-4/h7-8,16H,5-6,9H2,1-4H3. The summed E-state index contributed by atoms with van der Waals surface area (Å²) >= 11 is 0. The van der Waals surface area contributed by atoms with Crippen LogP contribution in [-0.4, -0.2) is 19.6 Å². The van der Waals surface area contributed by atoms with Crippen molar-refractivity contribution in [2.75, 3.05) is 19.0 Å². The molecule has 18 heavy (non-hydrogen) atoms. The Morgan fingerprint density at radius 2 is 1.83 bits per heavy atom. The van der Waals surface area contributed by atoms with E-state index >= 15 is 0 Å². The van der Waals surface area contributed by atoms with Crippen LogP contribution in [0.1, 0.15) is 29.5 Å². The Balaban J connectivity index is 2.07. The van der Waals surface area contributed by atoms with Gasteiger partial charge in [0.15, 0.2) is 0 Å². The first-order valence-corrected chi connectivity index (χ1v) is 6.39. The van der Waals surface area contributed by atoms with E-state index in [4.69, 9.17) is 4.74 Å². The lowest BCUT2D eigenvalue weighted by Gasteiger charge is -2.17. The van der Waals surface area contributed by atoms with Crippen molar-refractivity contribution in [3.63, 3.8) is 0 Å². The molecular formula is C15H21NO2. The number of aryl methyl sites for hydroxylation is 3. The minimum Gasteiger partial charge on any atom is -0.469 e. The predicted octanol–water partition coefficient (Wildman–Crippen LogP) is 2.98. The zero-order chi connectivity index (χ0) is 13.3. The topological polar surface area (TPSA) is 38.3 Å². The highest BCUT2D eigenvalue weighted by molar-refractivity contribution is 5.80. The van der Waals surface area contributed by atoms with Gasteiger partial charge in [-0.1, -0.05) is 6.07 Å². The van der Waals surface area contributed by atoms with E-state index in [9.17, 15) is 4.79 Å². The quantitative estimate of drug-likeness (QED) is 0.831. The van der Waals surface area contributed by atoms with Crippen molar-refractivity contribution in [1.29, 1.82) is 0 Å². The van der Waals surface area contributed by atoms with Gasteiger partial charge in [0, 0.05) is 12.2 Å². The maximum absolute atomic E-state index is 11.7. The third-order valence-electron chi connectivity index (χ3n) is 3.93. The lowest BCUT2D eigenvalue weighted by molar-refractivity contribution is -0.146. The third-order valence-corrected chi connectivity index (χ3v) is 3.93. The van der Waals surface area contributed by atoms with Gasteiger partial charge in [0.2, 0.25) is 0 Å². The number of rotatable bonds is 4. The minimum absolute atomic E-state index is 0.0866. The molecule has 1 saturated carbocycles. The number of hydrogen-bond donors (Lipinski definition) is 1. The Bertz CT molecular complexity index is 476. The molecule has 1 N–H and O–H groups in total. The number of esters is 1. The Labute approximate surface area is 109 Å². The van der Waals surface area contributed by atoms with Gasteiger partial charge in [-0.3, -0.25) is 4.79 Å². The number of hydrogen-bond acceptors (Lipinski definition) is 3. The zero-order valence-corrected chi connectivity index (χ0v) is 11.6. The molecule has 3 nitrogen and oxygen atoms in total. The SMILES string of the molecule is COC(=O)C1(CNc2cc(C)c(C)cc2C)CC1. The lowest BCUT2D eigenvalue weighted by atomic mass is 10.0. The summed E-state index contributed by atoms with van der Waals surface area (Å²) in [5.41, 5.74) is 4.63. The number of carbonyl (C=O) groups is 1. The Morgan fingerprint density at radius 3 is 2.39 bits per heavy atom. The molecule has 98 valence electrons. The van der Waals surface area contributed by atoms with Crippen LogP contribution in [0.25, 0.3) is 0 Å². The monoisotopic (exact) mass is 247 g/mol. The molecule has 0 aliphatic heterocycles. The molecule has 1 fully saturated rings. The largest absolute Gasteiger partial charge is 0.469 e. The highest BCUT2D eigenvalue weighted by atomic mass is 16.5. The zero-order valence-electron chi connectivity index (χ0n) is 11.6. The Morgan fingerprint density at radius 1 is 1.22 bits per heavy atom. The van der Waals surface area contributed by atoms with Gasteiger partial charge < -0.3 is 10.1 Å². The van der Waals surface area contributed by atoms with Gasteiger partial charge >= 0.3 is 5.97 Å². The fourth-order valence-corrected chi connectivity index (χ4v) is 2.24. The first kappa shape index (κ1) is 12.9. The van der Waals surface area contributed by atoms with Crippen molar-refractivity contribution in [3.8, 4) is 0 Å².